The maximum Gasteiger partial charge on any atom is 0.266 e. The molecule has 4 rings (SSSR count). The molecule has 1 amide bonds. The van der Waals surface area contributed by atoms with Crippen LogP contribution in [0.1, 0.15) is 16.7 Å². The Balaban J connectivity index is 1.57. The first-order valence-corrected chi connectivity index (χ1v) is 11.1. The highest BCUT2D eigenvalue weighted by Crippen LogP contribution is 2.21. The van der Waals surface area contributed by atoms with Crippen molar-refractivity contribution in [1.29, 1.82) is 0 Å². The summed E-state index contributed by atoms with van der Waals surface area (Å²) in [7, 11) is 0. The third-order valence-electron chi connectivity index (χ3n) is 4.95. The minimum absolute atomic E-state index is 0.0712. The van der Waals surface area contributed by atoms with E-state index in [-0.39, 0.29) is 17.2 Å². The first-order valence-electron chi connectivity index (χ1n) is 10.1. The molecule has 0 saturated carbocycles. The van der Waals surface area contributed by atoms with Gasteiger partial charge in [0.05, 0.1) is 28.6 Å². The zero-order chi connectivity index (χ0) is 22.5. The van der Waals surface area contributed by atoms with Gasteiger partial charge in [-0.15, -0.1) is 0 Å². The normalized spacial score (nSPS) is 11.2. The topological polar surface area (TPSA) is 76.3 Å². The van der Waals surface area contributed by atoms with Crippen molar-refractivity contribution in [3.8, 4) is 5.69 Å². The third kappa shape index (κ3) is 4.78. The fourth-order valence-corrected chi connectivity index (χ4v) is 4.00. The zero-order valence-electron chi connectivity index (χ0n) is 17.8. The summed E-state index contributed by atoms with van der Waals surface area (Å²) in [5.74, 6) is -0.209. The molecule has 3 aromatic carbocycles. The number of aromatic nitrogens is 2. The predicted molar refractivity (Wildman–Crippen MR) is 130 cm³/mol. The van der Waals surface area contributed by atoms with E-state index in [1.807, 2.05) is 74.5 Å². The number of para-hydroxylation sites is 1. The second-order valence-corrected chi connectivity index (χ2v) is 8.27. The lowest BCUT2D eigenvalue weighted by Gasteiger charge is -2.13. The van der Waals surface area contributed by atoms with Gasteiger partial charge < -0.3 is 0 Å². The van der Waals surface area contributed by atoms with Crippen LogP contribution in [-0.2, 0) is 4.79 Å². The molecule has 0 aliphatic heterocycles. The van der Waals surface area contributed by atoms with Gasteiger partial charge in [-0.1, -0.05) is 65.9 Å². The Morgan fingerprint density at radius 1 is 1.03 bits per heavy atom. The van der Waals surface area contributed by atoms with Crippen molar-refractivity contribution in [3.05, 3.63) is 99.8 Å². The number of aryl methyl sites for hydroxylation is 2. The monoisotopic (exact) mass is 442 g/mol. The average molecular weight is 443 g/mol. The lowest BCUT2D eigenvalue weighted by atomic mass is 10.1. The maximum atomic E-state index is 13.2. The van der Waals surface area contributed by atoms with Crippen molar-refractivity contribution >= 4 is 34.8 Å². The molecule has 1 heterocycles. The molecule has 0 unspecified atom stereocenters. The Kier molecular flexibility index (Phi) is 6.47. The summed E-state index contributed by atoms with van der Waals surface area (Å²) in [6.45, 7) is 3.97. The number of carbonyl (C=O) groups excluding carboxylic acids is 1. The van der Waals surface area contributed by atoms with E-state index >= 15 is 0 Å². The molecule has 160 valence electrons. The molecule has 4 aromatic rings. The fourth-order valence-electron chi connectivity index (χ4n) is 3.20. The van der Waals surface area contributed by atoms with Crippen molar-refractivity contribution in [2.24, 2.45) is 5.10 Å². The van der Waals surface area contributed by atoms with E-state index in [2.05, 4.69) is 15.5 Å². The molecule has 0 radical (unpaired) electrons. The van der Waals surface area contributed by atoms with Gasteiger partial charge in [-0.3, -0.25) is 14.2 Å². The average Bonchev–Trinajstić information content (AvgIpc) is 2.80. The molecule has 0 saturated heterocycles. The molecule has 0 fully saturated rings. The number of carbonyl (C=O) groups is 1. The molecule has 0 bridgehead atoms. The molecule has 0 atom stereocenters. The molecule has 32 heavy (non-hydrogen) atoms. The van der Waals surface area contributed by atoms with Crippen molar-refractivity contribution in [2.45, 2.75) is 19.0 Å². The molecule has 0 spiro atoms. The van der Waals surface area contributed by atoms with Crippen LogP contribution >= 0.6 is 11.8 Å². The zero-order valence-corrected chi connectivity index (χ0v) is 18.6. The Morgan fingerprint density at radius 3 is 2.53 bits per heavy atom. The van der Waals surface area contributed by atoms with E-state index in [9.17, 15) is 9.59 Å². The molecule has 7 heteroatoms. The van der Waals surface area contributed by atoms with Gasteiger partial charge in [0.1, 0.15) is 0 Å². The second kappa shape index (κ2) is 9.62. The van der Waals surface area contributed by atoms with Gasteiger partial charge in [0, 0.05) is 0 Å². The number of benzene rings is 3. The van der Waals surface area contributed by atoms with Crippen LogP contribution in [0.15, 0.2) is 87.8 Å². The van der Waals surface area contributed by atoms with E-state index in [1.165, 1.54) is 11.8 Å². The van der Waals surface area contributed by atoms with Gasteiger partial charge in [-0.05, 0) is 49.2 Å². The molecule has 0 aliphatic carbocycles. The number of hydrogen-bond acceptors (Lipinski definition) is 5. The summed E-state index contributed by atoms with van der Waals surface area (Å²) in [5.41, 5.74) is 6.78. The minimum atomic E-state index is -0.280. The lowest BCUT2D eigenvalue weighted by Crippen LogP contribution is -2.24. The van der Waals surface area contributed by atoms with Gasteiger partial charge in [-0.25, -0.2) is 10.4 Å². The number of hydrazone groups is 1. The Labute approximate surface area is 190 Å². The summed E-state index contributed by atoms with van der Waals surface area (Å²) in [5, 5.41) is 5.03. The number of thioether (sulfide) groups is 1. The molecular weight excluding hydrogens is 420 g/mol. The van der Waals surface area contributed by atoms with Gasteiger partial charge >= 0.3 is 0 Å². The Bertz CT molecular complexity index is 1360. The fraction of sp³-hybridized carbons (Fsp3) is 0.120. The smallest absolute Gasteiger partial charge is 0.266 e. The summed E-state index contributed by atoms with van der Waals surface area (Å²) in [6.07, 6.45) is 1.62. The molecule has 0 aliphatic rings. The molecule has 1 aromatic heterocycles. The number of rotatable bonds is 6. The first kappa shape index (κ1) is 21.5. The number of amides is 1. The maximum absolute atomic E-state index is 13.2. The van der Waals surface area contributed by atoms with Crippen LogP contribution < -0.4 is 11.0 Å². The van der Waals surface area contributed by atoms with Crippen LogP contribution in [0, 0.1) is 13.8 Å². The summed E-state index contributed by atoms with van der Waals surface area (Å²) in [4.78, 5) is 30.3. The number of nitrogens with one attached hydrogen (secondary N) is 1. The molecule has 1 N–H and O–H groups in total. The second-order valence-electron chi connectivity index (χ2n) is 7.33. The van der Waals surface area contributed by atoms with E-state index in [4.69, 9.17) is 0 Å². The third-order valence-corrected chi connectivity index (χ3v) is 5.89. The van der Waals surface area contributed by atoms with Crippen LogP contribution in [0.4, 0.5) is 0 Å². The van der Waals surface area contributed by atoms with E-state index in [0.717, 1.165) is 16.7 Å². The summed E-state index contributed by atoms with van der Waals surface area (Å²) >= 11 is 1.20. The van der Waals surface area contributed by atoms with Crippen LogP contribution in [0.2, 0.25) is 0 Å². The molecular formula is C25H22N4O2S. The van der Waals surface area contributed by atoms with Gasteiger partial charge in [-0.2, -0.15) is 5.10 Å². The van der Waals surface area contributed by atoms with E-state index in [0.29, 0.717) is 21.7 Å². The Hall–Kier alpha value is -3.71. The van der Waals surface area contributed by atoms with Crippen molar-refractivity contribution in [2.75, 3.05) is 5.75 Å². The Morgan fingerprint density at radius 2 is 1.75 bits per heavy atom. The predicted octanol–water partition coefficient (Wildman–Crippen LogP) is 4.24. The number of fused-ring (bicyclic) bond motifs is 1. The van der Waals surface area contributed by atoms with Crippen molar-refractivity contribution < 1.29 is 4.79 Å². The van der Waals surface area contributed by atoms with Gasteiger partial charge in [0.25, 0.3) is 11.5 Å². The largest absolute Gasteiger partial charge is 0.272 e. The van der Waals surface area contributed by atoms with E-state index < -0.39 is 0 Å². The first-order chi connectivity index (χ1) is 15.5. The highest BCUT2D eigenvalue weighted by molar-refractivity contribution is 7.99. The summed E-state index contributed by atoms with van der Waals surface area (Å²) < 4.78 is 1.55. The van der Waals surface area contributed by atoms with Crippen molar-refractivity contribution in [3.63, 3.8) is 0 Å². The van der Waals surface area contributed by atoms with Gasteiger partial charge in [0.15, 0.2) is 5.16 Å². The molecule has 6 nitrogen and oxygen atoms in total. The highest BCUT2D eigenvalue weighted by Gasteiger charge is 2.14. The van der Waals surface area contributed by atoms with Crippen LogP contribution in [-0.4, -0.2) is 27.4 Å². The lowest BCUT2D eigenvalue weighted by molar-refractivity contribution is -0.118. The minimum Gasteiger partial charge on any atom is -0.272 e. The van der Waals surface area contributed by atoms with Crippen LogP contribution in [0.3, 0.4) is 0 Å². The summed E-state index contributed by atoms with van der Waals surface area (Å²) in [6, 6.07) is 22.6. The number of hydrogen-bond donors (Lipinski definition) is 1. The quantitative estimate of drug-likeness (QED) is 0.210. The highest BCUT2D eigenvalue weighted by atomic mass is 32.2. The van der Waals surface area contributed by atoms with Crippen LogP contribution in [0.25, 0.3) is 16.6 Å². The number of nitrogens with zero attached hydrogens (tertiary/aromatic N) is 3. The van der Waals surface area contributed by atoms with Crippen molar-refractivity contribution in [1.82, 2.24) is 15.0 Å². The SMILES string of the molecule is Cc1ccc(-n2c(SCC(=O)N/N=C/c3ccccc3C)nc3ccccc3c2=O)cc1. The van der Waals surface area contributed by atoms with Gasteiger partial charge in [0.2, 0.25) is 0 Å². The van der Waals surface area contributed by atoms with Crippen LogP contribution in [0.5, 0.6) is 0 Å². The standard InChI is InChI=1S/C25H22N4O2S/c1-17-11-13-20(14-12-17)29-24(31)21-9-5-6-10-22(21)27-25(29)32-16-23(30)28-26-15-19-8-4-3-7-18(19)2/h3-15H,16H2,1-2H3,(H,28,30)/b26-15+. The van der Waals surface area contributed by atoms with E-state index in [1.54, 1.807) is 22.9 Å².